The Hall–Kier alpha value is -3.07. The Morgan fingerprint density at radius 2 is 1.86 bits per heavy atom. The molecular weight excluding hydrogens is 596 g/mol. The molecule has 0 saturated carbocycles. The van der Waals surface area contributed by atoms with E-state index in [0.29, 0.717) is 36.4 Å². The van der Waals surface area contributed by atoms with Crippen LogP contribution in [0.4, 0.5) is 5.69 Å². The topological polar surface area (TPSA) is 87.1 Å². The number of halogens is 1. The molecule has 2 unspecified atom stereocenters. The van der Waals surface area contributed by atoms with Crippen LogP contribution in [0.3, 0.4) is 0 Å². The number of hydrogen-bond acceptors (Lipinski definition) is 6. The molecule has 2 bridgehead atoms. The second kappa shape index (κ2) is 13.5. The molecule has 1 spiro atoms. The third-order valence-corrected chi connectivity index (χ3v) is 11.6. The zero-order valence-electron chi connectivity index (χ0n) is 25.2. The fourth-order valence-electron chi connectivity index (χ4n) is 7.40. The first-order valence-electron chi connectivity index (χ1n) is 15.3. The monoisotopic (exact) mass is 636 g/mol. The Balaban J connectivity index is 1.55. The predicted molar refractivity (Wildman–Crippen MR) is 176 cm³/mol. The molecule has 2 amide bonds. The molecule has 3 fully saturated rings. The summed E-state index contributed by atoms with van der Waals surface area (Å²) < 4.78 is 4.41. The number of ether oxygens (including phenoxy) is 1. The summed E-state index contributed by atoms with van der Waals surface area (Å²) in [5.41, 5.74) is 1.58. The highest BCUT2D eigenvalue weighted by Crippen LogP contribution is 2.72. The van der Waals surface area contributed by atoms with Crippen LogP contribution in [0.2, 0.25) is 5.02 Å². The zero-order valence-corrected chi connectivity index (χ0v) is 26.8. The minimum atomic E-state index is -0.895. The van der Waals surface area contributed by atoms with Gasteiger partial charge in [-0.1, -0.05) is 54.1 Å². The number of nitrogens with zero attached hydrogens (tertiary/aromatic N) is 2. The van der Waals surface area contributed by atoms with Crippen LogP contribution in [0.1, 0.15) is 44.6 Å². The number of amides is 2. The fraction of sp³-hybridized carbons (Fsp3) is 0.457. The number of allylic oxidation sites excluding steroid dienone is 1. The molecule has 3 saturated heterocycles. The summed E-state index contributed by atoms with van der Waals surface area (Å²) in [6.45, 7) is 9.84. The number of rotatable bonds is 14. The highest BCUT2D eigenvalue weighted by molar-refractivity contribution is 8.02. The fourth-order valence-corrected chi connectivity index (χ4v) is 9.86. The Kier molecular flexibility index (Phi) is 9.93. The third kappa shape index (κ3) is 5.84. The van der Waals surface area contributed by atoms with E-state index in [1.807, 2.05) is 43.3 Å². The maximum absolute atomic E-state index is 14.9. The van der Waals surface area contributed by atoms with E-state index >= 15 is 0 Å². The van der Waals surface area contributed by atoms with Crippen molar-refractivity contribution in [2.75, 3.05) is 24.7 Å². The Labute approximate surface area is 269 Å². The quantitative estimate of drug-likeness (QED) is 0.159. The molecule has 9 heteroatoms. The maximum Gasteiger partial charge on any atom is 0.311 e. The Morgan fingerprint density at radius 3 is 2.52 bits per heavy atom. The lowest BCUT2D eigenvalue weighted by molar-refractivity contribution is -0.156. The lowest BCUT2D eigenvalue weighted by Crippen LogP contribution is -2.58. The summed E-state index contributed by atoms with van der Waals surface area (Å²) in [5.74, 6) is -2.33. The molecule has 0 aromatic heterocycles. The lowest BCUT2D eigenvalue weighted by Gasteiger charge is -2.39. The van der Waals surface area contributed by atoms with E-state index in [1.54, 1.807) is 51.9 Å². The summed E-state index contributed by atoms with van der Waals surface area (Å²) in [6, 6.07) is 15.1. The van der Waals surface area contributed by atoms with Gasteiger partial charge in [0.15, 0.2) is 0 Å². The van der Waals surface area contributed by atoms with E-state index in [-0.39, 0.29) is 37.5 Å². The van der Waals surface area contributed by atoms with E-state index in [1.165, 1.54) is 0 Å². The second-order valence-electron chi connectivity index (χ2n) is 12.2. The van der Waals surface area contributed by atoms with Crippen molar-refractivity contribution in [2.45, 2.75) is 67.0 Å². The van der Waals surface area contributed by atoms with Crippen LogP contribution >= 0.6 is 23.4 Å². The minimum Gasteiger partial charge on any atom is -0.465 e. The smallest absolute Gasteiger partial charge is 0.311 e. The molecule has 3 heterocycles. The first kappa shape index (κ1) is 32.3. The molecular formula is C35H41ClN2O5S. The number of esters is 1. The number of likely N-dealkylation sites (tertiary alicyclic amines) is 1. The third-order valence-electron chi connectivity index (χ3n) is 9.38. The van der Waals surface area contributed by atoms with Crippen LogP contribution in [-0.2, 0) is 25.5 Å². The van der Waals surface area contributed by atoms with Crippen LogP contribution in [0, 0.1) is 11.8 Å². The molecule has 1 N–H and O–H groups in total. The molecule has 234 valence electrons. The van der Waals surface area contributed by atoms with Gasteiger partial charge < -0.3 is 19.6 Å². The number of unbranched alkanes of at least 4 members (excludes halogenated alkanes) is 2. The van der Waals surface area contributed by atoms with E-state index < -0.39 is 33.4 Å². The van der Waals surface area contributed by atoms with Gasteiger partial charge in [-0.3, -0.25) is 14.4 Å². The standard InChI is InChI=1S/C35H41ClN2O5S/c1-4-6-7-11-21-43-33(42)29-28-31(40)38(27(23-39)22-24-12-9-8-10-13-24)30(35(28)19-18-34(29,3)44-35)32(41)37(20-5-2)26-16-14-25(36)15-17-26/h4-5,8-10,12-17,27-30,39H,1-2,6-7,11,18-23H2,3H3/t27-,28+,29+,30?,34-,35?/m1/s1. The van der Waals surface area contributed by atoms with Crippen molar-refractivity contribution in [1.82, 2.24) is 4.90 Å². The molecule has 3 aliphatic heterocycles. The van der Waals surface area contributed by atoms with Crippen LogP contribution in [0.25, 0.3) is 0 Å². The van der Waals surface area contributed by atoms with Crippen LogP contribution < -0.4 is 4.90 Å². The Morgan fingerprint density at radius 1 is 1.14 bits per heavy atom. The lowest BCUT2D eigenvalue weighted by atomic mass is 9.66. The SMILES string of the molecule is C=CCCCCOC(=O)[C@@H]1[C@H]2C(=O)N([C@@H](CO)Cc3ccccc3)C(C(=O)N(CC=C)c3ccc(Cl)cc3)C23CC[C@@]1(C)S3. The molecule has 3 aliphatic rings. The maximum atomic E-state index is 14.9. The van der Waals surface area contributed by atoms with Crippen LogP contribution in [0.15, 0.2) is 79.9 Å². The molecule has 0 aliphatic carbocycles. The molecule has 2 aromatic rings. The Bertz CT molecular complexity index is 1390. The van der Waals surface area contributed by atoms with Gasteiger partial charge in [-0.2, -0.15) is 0 Å². The van der Waals surface area contributed by atoms with Crippen LogP contribution in [-0.4, -0.2) is 69.1 Å². The second-order valence-corrected chi connectivity index (χ2v) is 14.5. The molecule has 5 rings (SSSR count). The van der Waals surface area contributed by atoms with E-state index in [4.69, 9.17) is 16.3 Å². The van der Waals surface area contributed by atoms with Gasteiger partial charge in [-0.15, -0.1) is 24.9 Å². The summed E-state index contributed by atoms with van der Waals surface area (Å²) >= 11 is 7.76. The average Bonchev–Trinajstić information content (AvgIpc) is 3.59. The normalized spacial score (nSPS) is 27.6. The van der Waals surface area contributed by atoms with Crippen molar-refractivity contribution in [3.05, 3.63) is 90.5 Å². The van der Waals surface area contributed by atoms with Crippen molar-refractivity contribution in [2.24, 2.45) is 11.8 Å². The largest absolute Gasteiger partial charge is 0.465 e. The minimum absolute atomic E-state index is 0.223. The number of fused-ring (bicyclic) bond motifs is 1. The van der Waals surface area contributed by atoms with Gasteiger partial charge in [-0.25, -0.2) is 0 Å². The van der Waals surface area contributed by atoms with Gasteiger partial charge in [0.1, 0.15) is 6.04 Å². The highest BCUT2D eigenvalue weighted by Gasteiger charge is 2.78. The van der Waals surface area contributed by atoms with E-state index in [9.17, 15) is 19.5 Å². The number of anilines is 1. The summed E-state index contributed by atoms with van der Waals surface area (Å²) in [6.07, 6.45) is 7.58. The molecule has 44 heavy (non-hydrogen) atoms. The van der Waals surface area contributed by atoms with E-state index in [0.717, 1.165) is 18.4 Å². The molecule has 6 atom stereocenters. The van der Waals surface area contributed by atoms with Gasteiger partial charge in [0, 0.05) is 22.0 Å². The van der Waals surface area contributed by atoms with Gasteiger partial charge in [0.2, 0.25) is 5.91 Å². The van der Waals surface area contributed by atoms with Gasteiger partial charge in [-0.05, 0) is 75.3 Å². The number of aliphatic hydroxyl groups is 1. The van der Waals surface area contributed by atoms with Gasteiger partial charge in [0.25, 0.3) is 5.91 Å². The summed E-state index contributed by atoms with van der Waals surface area (Å²) in [4.78, 5) is 46.5. The molecule has 7 nitrogen and oxygen atoms in total. The predicted octanol–water partition coefficient (Wildman–Crippen LogP) is 5.84. The number of thioether (sulfide) groups is 1. The summed E-state index contributed by atoms with van der Waals surface area (Å²) in [7, 11) is 0. The number of aliphatic hydroxyl groups excluding tert-OH is 1. The number of carbonyl (C=O) groups is 3. The van der Waals surface area contributed by atoms with Crippen molar-refractivity contribution in [3.8, 4) is 0 Å². The van der Waals surface area contributed by atoms with E-state index in [2.05, 4.69) is 13.2 Å². The first-order chi connectivity index (χ1) is 21.2. The highest BCUT2D eigenvalue weighted by atomic mass is 35.5. The van der Waals surface area contributed by atoms with Crippen molar-refractivity contribution in [1.29, 1.82) is 0 Å². The van der Waals surface area contributed by atoms with Gasteiger partial charge >= 0.3 is 5.97 Å². The average molecular weight is 637 g/mol. The zero-order chi connectivity index (χ0) is 31.5. The van der Waals surface area contributed by atoms with Crippen molar-refractivity contribution < 1.29 is 24.2 Å². The summed E-state index contributed by atoms with van der Waals surface area (Å²) in [5, 5.41) is 11.3. The van der Waals surface area contributed by atoms with Crippen LogP contribution in [0.5, 0.6) is 0 Å². The molecule has 2 aromatic carbocycles. The molecule has 0 radical (unpaired) electrons. The first-order valence-corrected chi connectivity index (χ1v) is 16.5. The van der Waals surface area contributed by atoms with Gasteiger partial charge in [0.05, 0.1) is 35.8 Å². The number of benzene rings is 2. The number of hydrogen-bond donors (Lipinski definition) is 1. The van der Waals surface area contributed by atoms with Crippen molar-refractivity contribution in [3.63, 3.8) is 0 Å². The number of carbonyl (C=O) groups excluding carboxylic acids is 3. The van der Waals surface area contributed by atoms with Crippen molar-refractivity contribution >= 4 is 46.8 Å².